The third kappa shape index (κ3) is 2.43. The second-order valence-corrected chi connectivity index (χ2v) is 4.37. The molecule has 0 aliphatic rings. The second kappa shape index (κ2) is 4.55. The molecule has 0 amide bonds. The summed E-state index contributed by atoms with van der Waals surface area (Å²) in [6.45, 7) is 2.11. The predicted octanol–water partition coefficient (Wildman–Crippen LogP) is 2.69. The highest BCUT2D eigenvalue weighted by Gasteiger charge is 2.09. The van der Waals surface area contributed by atoms with Crippen LogP contribution in [-0.4, -0.2) is 4.98 Å². The van der Waals surface area contributed by atoms with Gasteiger partial charge in [0.15, 0.2) is 0 Å². The fourth-order valence-corrected chi connectivity index (χ4v) is 2.20. The fraction of sp³-hybridized carbons (Fsp3) is 0.250. The molecular formula is C12H14N2S. The number of thiazole rings is 1. The Morgan fingerprint density at radius 2 is 2.20 bits per heavy atom. The molecule has 0 spiro atoms. The third-order valence-corrected chi connectivity index (χ3v) is 3.14. The first-order chi connectivity index (χ1) is 7.27. The van der Waals surface area contributed by atoms with Crippen molar-refractivity contribution in [3.63, 3.8) is 0 Å². The molecule has 0 aliphatic carbocycles. The molecule has 3 heteroatoms. The molecule has 1 atom stereocenters. The van der Waals surface area contributed by atoms with Crippen LogP contribution >= 0.6 is 11.3 Å². The van der Waals surface area contributed by atoms with Crippen molar-refractivity contribution >= 4 is 11.3 Å². The van der Waals surface area contributed by atoms with Crippen molar-refractivity contribution < 1.29 is 0 Å². The van der Waals surface area contributed by atoms with Gasteiger partial charge in [0, 0.05) is 5.38 Å². The molecular weight excluding hydrogens is 204 g/mol. The topological polar surface area (TPSA) is 38.9 Å². The Morgan fingerprint density at radius 3 is 2.87 bits per heavy atom. The summed E-state index contributed by atoms with van der Waals surface area (Å²) in [5.41, 5.74) is 11.5. The molecule has 2 nitrogen and oxygen atoms in total. The van der Waals surface area contributed by atoms with Gasteiger partial charge in [-0.25, -0.2) is 4.98 Å². The number of aromatic nitrogens is 1. The Balaban J connectivity index is 2.13. The molecule has 2 N–H and O–H groups in total. The summed E-state index contributed by atoms with van der Waals surface area (Å²) in [6.07, 6.45) is 0.858. The Hall–Kier alpha value is -1.19. The standard InChI is InChI=1S/C12H14N2S/c1-9-4-2-3-5-10(9)6-11(13)12-7-15-8-14-12/h2-5,7-8,11H,6,13H2,1H3. The van der Waals surface area contributed by atoms with Gasteiger partial charge in [0.1, 0.15) is 0 Å². The number of benzene rings is 1. The maximum atomic E-state index is 6.08. The van der Waals surface area contributed by atoms with Crippen molar-refractivity contribution in [2.45, 2.75) is 19.4 Å². The molecule has 0 radical (unpaired) electrons. The van der Waals surface area contributed by atoms with Gasteiger partial charge >= 0.3 is 0 Å². The van der Waals surface area contributed by atoms with Crippen LogP contribution in [0.15, 0.2) is 35.2 Å². The van der Waals surface area contributed by atoms with Gasteiger partial charge in [-0.1, -0.05) is 24.3 Å². The van der Waals surface area contributed by atoms with E-state index in [-0.39, 0.29) is 6.04 Å². The first-order valence-electron chi connectivity index (χ1n) is 4.95. The zero-order chi connectivity index (χ0) is 10.7. The normalized spacial score (nSPS) is 12.7. The van der Waals surface area contributed by atoms with E-state index in [0.29, 0.717) is 0 Å². The van der Waals surface area contributed by atoms with Crippen LogP contribution in [0.1, 0.15) is 22.9 Å². The van der Waals surface area contributed by atoms with E-state index in [1.807, 2.05) is 17.0 Å². The number of aryl methyl sites for hydroxylation is 1. The van der Waals surface area contributed by atoms with Gasteiger partial charge in [0.2, 0.25) is 0 Å². The molecule has 2 rings (SSSR count). The van der Waals surface area contributed by atoms with Crippen molar-refractivity contribution in [3.8, 4) is 0 Å². The van der Waals surface area contributed by atoms with Gasteiger partial charge in [-0.3, -0.25) is 0 Å². The average Bonchev–Trinajstić information content (AvgIpc) is 2.74. The molecule has 0 fully saturated rings. The zero-order valence-electron chi connectivity index (χ0n) is 8.68. The maximum absolute atomic E-state index is 6.08. The van der Waals surface area contributed by atoms with Crippen LogP contribution in [0.2, 0.25) is 0 Å². The molecule has 1 aromatic carbocycles. The summed E-state index contributed by atoms with van der Waals surface area (Å²) < 4.78 is 0. The Bertz CT molecular complexity index is 423. The lowest BCUT2D eigenvalue weighted by Crippen LogP contribution is -2.14. The summed E-state index contributed by atoms with van der Waals surface area (Å²) >= 11 is 1.59. The molecule has 1 unspecified atom stereocenters. The highest BCUT2D eigenvalue weighted by Crippen LogP contribution is 2.17. The average molecular weight is 218 g/mol. The minimum Gasteiger partial charge on any atom is -0.322 e. The summed E-state index contributed by atoms with van der Waals surface area (Å²) in [5, 5.41) is 2.02. The van der Waals surface area contributed by atoms with Gasteiger partial charge in [-0.15, -0.1) is 11.3 Å². The SMILES string of the molecule is Cc1ccccc1CC(N)c1cscn1. The van der Waals surface area contributed by atoms with Crippen molar-refractivity contribution in [2.24, 2.45) is 5.73 Å². The lowest BCUT2D eigenvalue weighted by atomic mass is 10.0. The van der Waals surface area contributed by atoms with Gasteiger partial charge in [-0.05, 0) is 24.5 Å². The molecule has 0 saturated heterocycles. The van der Waals surface area contributed by atoms with Crippen LogP contribution in [0.25, 0.3) is 0 Å². The van der Waals surface area contributed by atoms with E-state index >= 15 is 0 Å². The summed E-state index contributed by atoms with van der Waals surface area (Å²) in [5.74, 6) is 0. The quantitative estimate of drug-likeness (QED) is 0.860. The monoisotopic (exact) mass is 218 g/mol. The van der Waals surface area contributed by atoms with Crippen molar-refractivity contribution in [1.29, 1.82) is 0 Å². The molecule has 0 saturated carbocycles. The van der Waals surface area contributed by atoms with Gasteiger partial charge in [0.25, 0.3) is 0 Å². The van der Waals surface area contributed by atoms with Gasteiger partial charge in [-0.2, -0.15) is 0 Å². The van der Waals surface area contributed by atoms with E-state index in [1.54, 1.807) is 11.3 Å². The van der Waals surface area contributed by atoms with Crippen LogP contribution in [0.5, 0.6) is 0 Å². The minimum absolute atomic E-state index is 0.0114. The lowest BCUT2D eigenvalue weighted by Gasteiger charge is -2.10. The molecule has 0 aliphatic heterocycles. The molecule has 78 valence electrons. The van der Waals surface area contributed by atoms with E-state index in [9.17, 15) is 0 Å². The molecule has 2 aromatic rings. The second-order valence-electron chi connectivity index (χ2n) is 3.65. The van der Waals surface area contributed by atoms with Crippen LogP contribution in [-0.2, 0) is 6.42 Å². The summed E-state index contributed by atoms with van der Waals surface area (Å²) in [6, 6.07) is 8.35. The highest BCUT2D eigenvalue weighted by molar-refractivity contribution is 7.07. The largest absolute Gasteiger partial charge is 0.322 e. The molecule has 1 heterocycles. The van der Waals surface area contributed by atoms with Gasteiger partial charge in [0.05, 0.1) is 17.2 Å². The van der Waals surface area contributed by atoms with Crippen LogP contribution in [0, 0.1) is 6.92 Å². The minimum atomic E-state index is 0.0114. The summed E-state index contributed by atoms with van der Waals surface area (Å²) in [4.78, 5) is 4.24. The summed E-state index contributed by atoms with van der Waals surface area (Å²) in [7, 11) is 0. The molecule has 15 heavy (non-hydrogen) atoms. The number of nitrogens with two attached hydrogens (primary N) is 1. The molecule has 1 aromatic heterocycles. The Morgan fingerprint density at radius 1 is 1.40 bits per heavy atom. The Labute approximate surface area is 93.8 Å². The first kappa shape index (κ1) is 10.3. The third-order valence-electron chi connectivity index (χ3n) is 2.53. The number of hydrogen-bond acceptors (Lipinski definition) is 3. The van der Waals surface area contributed by atoms with Crippen molar-refractivity contribution in [3.05, 3.63) is 52.0 Å². The fourth-order valence-electron chi connectivity index (χ4n) is 1.59. The Kier molecular flexibility index (Phi) is 3.14. The molecule has 0 bridgehead atoms. The number of hydrogen-bond donors (Lipinski definition) is 1. The maximum Gasteiger partial charge on any atom is 0.0795 e. The van der Waals surface area contributed by atoms with E-state index in [0.717, 1.165) is 12.1 Å². The first-order valence-corrected chi connectivity index (χ1v) is 5.90. The van der Waals surface area contributed by atoms with Crippen LogP contribution < -0.4 is 5.73 Å². The van der Waals surface area contributed by atoms with E-state index in [1.165, 1.54) is 11.1 Å². The van der Waals surface area contributed by atoms with E-state index in [2.05, 4.69) is 30.1 Å². The number of nitrogens with zero attached hydrogens (tertiary/aromatic N) is 1. The van der Waals surface area contributed by atoms with E-state index < -0.39 is 0 Å². The zero-order valence-corrected chi connectivity index (χ0v) is 9.50. The highest BCUT2D eigenvalue weighted by atomic mass is 32.1. The van der Waals surface area contributed by atoms with Crippen molar-refractivity contribution in [1.82, 2.24) is 4.98 Å². The van der Waals surface area contributed by atoms with Crippen LogP contribution in [0.3, 0.4) is 0 Å². The lowest BCUT2D eigenvalue weighted by molar-refractivity contribution is 0.699. The van der Waals surface area contributed by atoms with E-state index in [4.69, 9.17) is 5.73 Å². The smallest absolute Gasteiger partial charge is 0.0795 e. The number of rotatable bonds is 3. The van der Waals surface area contributed by atoms with Crippen LogP contribution in [0.4, 0.5) is 0 Å². The van der Waals surface area contributed by atoms with Gasteiger partial charge < -0.3 is 5.73 Å². The predicted molar refractivity (Wildman–Crippen MR) is 63.9 cm³/mol. The van der Waals surface area contributed by atoms with Crippen molar-refractivity contribution in [2.75, 3.05) is 0 Å².